The van der Waals surface area contributed by atoms with Gasteiger partial charge < -0.3 is 21.9 Å². The quantitative estimate of drug-likeness (QED) is 0.107. The minimum Gasteiger partial charge on any atom is -0.508 e. The van der Waals surface area contributed by atoms with E-state index in [1.807, 2.05) is 97.1 Å². The van der Waals surface area contributed by atoms with E-state index in [1.165, 1.54) is 4.90 Å². The number of rotatable bonds is 11. The lowest BCUT2D eigenvalue weighted by Crippen LogP contribution is -2.48. The van der Waals surface area contributed by atoms with Gasteiger partial charge in [0.2, 0.25) is 11.8 Å². The maximum absolute atomic E-state index is 14.3. The average Bonchev–Trinajstić information content (AvgIpc) is 2.99. The molecule has 0 aliphatic carbocycles. The first-order valence-corrected chi connectivity index (χ1v) is 13.5. The van der Waals surface area contributed by atoms with Crippen molar-refractivity contribution in [3.05, 3.63) is 126 Å². The first-order valence-electron chi connectivity index (χ1n) is 13.5. The predicted molar refractivity (Wildman–Crippen MR) is 161 cm³/mol. The van der Waals surface area contributed by atoms with E-state index in [9.17, 15) is 14.7 Å². The van der Waals surface area contributed by atoms with Crippen molar-refractivity contribution in [2.75, 3.05) is 6.54 Å². The molecule has 0 aromatic heterocycles. The van der Waals surface area contributed by atoms with E-state index in [0.717, 1.165) is 27.8 Å². The number of amides is 2. The van der Waals surface area contributed by atoms with E-state index in [-0.39, 0.29) is 24.2 Å². The Morgan fingerprint density at radius 1 is 0.780 bits per heavy atom. The monoisotopic (exact) mass is 549 g/mol. The van der Waals surface area contributed by atoms with E-state index in [1.54, 1.807) is 12.1 Å². The Morgan fingerprint density at radius 2 is 1.29 bits per heavy atom. The zero-order chi connectivity index (χ0) is 29.2. The van der Waals surface area contributed by atoms with Gasteiger partial charge in [-0.3, -0.25) is 19.9 Å². The number of nitrogens with one attached hydrogen (secondary N) is 2. The Hall–Kier alpha value is -4.95. The van der Waals surface area contributed by atoms with E-state index < -0.39 is 17.9 Å². The van der Waals surface area contributed by atoms with E-state index in [0.29, 0.717) is 19.4 Å². The van der Waals surface area contributed by atoms with Gasteiger partial charge in [-0.1, -0.05) is 97.1 Å². The number of benzene rings is 4. The summed E-state index contributed by atoms with van der Waals surface area (Å²) < 4.78 is 0. The van der Waals surface area contributed by atoms with Crippen LogP contribution in [-0.2, 0) is 16.1 Å². The Bertz CT molecular complexity index is 1400. The lowest BCUT2D eigenvalue weighted by atomic mass is 9.89. The Balaban J connectivity index is 1.64. The Kier molecular flexibility index (Phi) is 9.85. The molecule has 4 rings (SSSR count). The molecule has 210 valence electrons. The number of hydrogen-bond acceptors (Lipinski definition) is 5. The van der Waals surface area contributed by atoms with Crippen molar-refractivity contribution in [3.8, 4) is 16.9 Å². The van der Waals surface area contributed by atoms with Crippen LogP contribution in [-0.4, -0.2) is 40.4 Å². The van der Waals surface area contributed by atoms with Gasteiger partial charge in [-0.15, -0.1) is 0 Å². The number of nitrogens with two attached hydrogens (primary N) is 2. The number of phenolic OH excluding ortho intramolecular Hbond substituents is 1. The molecule has 41 heavy (non-hydrogen) atoms. The summed E-state index contributed by atoms with van der Waals surface area (Å²) in [5, 5.41) is 19.6. The highest BCUT2D eigenvalue weighted by Crippen LogP contribution is 2.29. The second-order valence-corrected chi connectivity index (χ2v) is 9.85. The van der Waals surface area contributed by atoms with Crippen LogP contribution in [0.25, 0.3) is 11.1 Å². The molecule has 0 radical (unpaired) electrons. The SMILES string of the molecule is N=C(N)NCCC[C@H](N)C(=O)N(Cc1ccc(-c2ccc(O)cc2)cc1)C(=O)C(c1ccccc1)c1ccccc1. The third-order valence-corrected chi connectivity index (χ3v) is 6.86. The zero-order valence-electron chi connectivity index (χ0n) is 22.7. The third kappa shape index (κ3) is 7.80. The molecule has 7 N–H and O–H groups in total. The van der Waals surface area contributed by atoms with Gasteiger partial charge in [0.05, 0.1) is 18.5 Å². The molecule has 0 heterocycles. The fraction of sp³-hybridized carbons (Fsp3) is 0.182. The Labute approximate surface area is 240 Å². The molecule has 0 spiro atoms. The molecule has 0 aliphatic heterocycles. The van der Waals surface area contributed by atoms with E-state index >= 15 is 0 Å². The third-order valence-electron chi connectivity index (χ3n) is 6.86. The zero-order valence-corrected chi connectivity index (χ0v) is 22.7. The minimum atomic E-state index is -0.906. The highest BCUT2D eigenvalue weighted by atomic mass is 16.3. The van der Waals surface area contributed by atoms with Gasteiger partial charge in [-0.05, 0) is 52.8 Å². The smallest absolute Gasteiger partial charge is 0.246 e. The molecule has 4 aromatic carbocycles. The number of imide groups is 1. The van der Waals surface area contributed by atoms with Gasteiger partial charge in [-0.25, -0.2) is 0 Å². The van der Waals surface area contributed by atoms with Crippen LogP contribution in [0, 0.1) is 5.41 Å². The van der Waals surface area contributed by atoms with E-state index in [2.05, 4.69) is 5.32 Å². The van der Waals surface area contributed by atoms with Crippen molar-refractivity contribution in [2.24, 2.45) is 11.5 Å². The van der Waals surface area contributed by atoms with Gasteiger partial charge >= 0.3 is 0 Å². The minimum absolute atomic E-state index is 0.0586. The van der Waals surface area contributed by atoms with Crippen LogP contribution in [0.1, 0.15) is 35.4 Å². The van der Waals surface area contributed by atoms with Gasteiger partial charge in [-0.2, -0.15) is 0 Å². The van der Waals surface area contributed by atoms with Crippen LogP contribution in [0.4, 0.5) is 0 Å². The van der Waals surface area contributed by atoms with Crippen LogP contribution >= 0.6 is 0 Å². The first kappa shape index (κ1) is 29.0. The van der Waals surface area contributed by atoms with Crippen molar-refractivity contribution < 1.29 is 14.7 Å². The van der Waals surface area contributed by atoms with Crippen molar-refractivity contribution in [1.29, 1.82) is 5.41 Å². The van der Waals surface area contributed by atoms with Gasteiger partial charge in [0, 0.05) is 6.54 Å². The number of carbonyl (C=O) groups excluding carboxylic acids is 2. The maximum Gasteiger partial charge on any atom is 0.246 e. The van der Waals surface area contributed by atoms with Crippen molar-refractivity contribution >= 4 is 17.8 Å². The highest BCUT2D eigenvalue weighted by molar-refractivity contribution is 6.01. The fourth-order valence-corrected chi connectivity index (χ4v) is 4.70. The summed E-state index contributed by atoms with van der Waals surface area (Å²) in [5.74, 6) is -1.46. The normalized spacial score (nSPS) is 11.6. The van der Waals surface area contributed by atoms with Crippen molar-refractivity contribution in [3.63, 3.8) is 0 Å². The number of phenols is 1. The summed E-state index contributed by atoms with van der Waals surface area (Å²) in [6.45, 7) is 0.461. The first-order chi connectivity index (χ1) is 19.8. The molecule has 4 aromatic rings. The van der Waals surface area contributed by atoms with Crippen LogP contribution in [0.5, 0.6) is 5.75 Å². The molecule has 0 saturated carbocycles. The number of aromatic hydroxyl groups is 1. The van der Waals surface area contributed by atoms with Crippen LogP contribution in [0.2, 0.25) is 0 Å². The molecule has 2 amide bonds. The average molecular weight is 550 g/mol. The van der Waals surface area contributed by atoms with Gasteiger partial charge in [0.15, 0.2) is 5.96 Å². The second-order valence-electron chi connectivity index (χ2n) is 9.85. The summed E-state index contributed by atoms with van der Waals surface area (Å²) in [5.41, 5.74) is 15.9. The molecule has 0 aliphatic rings. The molecule has 0 fully saturated rings. The summed E-state index contributed by atoms with van der Waals surface area (Å²) in [6, 6.07) is 32.5. The fourth-order valence-electron chi connectivity index (χ4n) is 4.70. The van der Waals surface area contributed by atoms with Gasteiger partial charge in [0.25, 0.3) is 0 Å². The predicted octanol–water partition coefficient (Wildman–Crippen LogP) is 4.34. The standard InChI is InChI=1S/C33H35N5O3/c34-29(12-7-21-37-33(35)36)31(40)38(22-23-13-15-24(16-14-23)25-17-19-28(39)20-18-25)32(41)30(26-8-3-1-4-9-26)27-10-5-2-6-11-27/h1-6,8-11,13-20,29-30,39H,7,12,21-22,34H2,(H4,35,36,37)/t29-/m0/s1. The topological polar surface area (TPSA) is 146 Å². The Morgan fingerprint density at radius 3 is 1.80 bits per heavy atom. The van der Waals surface area contributed by atoms with Crippen molar-refractivity contribution in [2.45, 2.75) is 31.3 Å². The maximum atomic E-state index is 14.3. The number of guanidine groups is 1. The second kappa shape index (κ2) is 13.9. The lowest BCUT2D eigenvalue weighted by molar-refractivity contribution is -0.147. The van der Waals surface area contributed by atoms with Crippen LogP contribution in [0.3, 0.4) is 0 Å². The molecule has 8 nitrogen and oxygen atoms in total. The summed E-state index contributed by atoms with van der Waals surface area (Å²) in [4.78, 5) is 29.3. The number of nitrogens with zero attached hydrogens (tertiary/aromatic N) is 1. The molecule has 8 heteroatoms. The lowest BCUT2D eigenvalue weighted by Gasteiger charge is -2.29. The number of hydrogen-bond donors (Lipinski definition) is 5. The molecular formula is C33H35N5O3. The molecule has 0 bridgehead atoms. The largest absolute Gasteiger partial charge is 0.508 e. The summed E-state index contributed by atoms with van der Waals surface area (Å²) >= 11 is 0. The number of carbonyl (C=O) groups is 2. The molecule has 0 saturated heterocycles. The van der Waals surface area contributed by atoms with E-state index in [4.69, 9.17) is 16.9 Å². The molecule has 1 atom stereocenters. The molecular weight excluding hydrogens is 514 g/mol. The van der Waals surface area contributed by atoms with Crippen LogP contribution < -0.4 is 16.8 Å². The van der Waals surface area contributed by atoms with Gasteiger partial charge in [0.1, 0.15) is 5.75 Å². The molecule has 0 unspecified atom stereocenters. The summed E-state index contributed by atoms with van der Waals surface area (Å²) in [7, 11) is 0. The highest BCUT2D eigenvalue weighted by Gasteiger charge is 2.33. The summed E-state index contributed by atoms with van der Waals surface area (Å²) in [6.07, 6.45) is 0.834. The van der Waals surface area contributed by atoms with Crippen LogP contribution in [0.15, 0.2) is 109 Å². The van der Waals surface area contributed by atoms with Crippen molar-refractivity contribution in [1.82, 2.24) is 10.2 Å².